The third-order valence-corrected chi connectivity index (χ3v) is 2.87. The number of aromatic nitrogens is 2. The molecule has 0 aliphatic rings. The zero-order valence-electron chi connectivity index (χ0n) is 11.1. The van der Waals surface area contributed by atoms with Crippen LogP contribution in [-0.4, -0.2) is 28.2 Å². The van der Waals surface area contributed by atoms with Gasteiger partial charge in [0.05, 0.1) is 6.20 Å². The molecule has 5 nitrogen and oxygen atoms in total. The van der Waals surface area contributed by atoms with Crippen LogP contribution in [0.5, 0.6) is 11.6 Å². The first-order chi connectivity index (χ1) is 9.74. The van der Waals surface area contributed by atoms with Gasteiger partial charge in [0.2, 0.25) is 11.8 Å². The summed E-state index contributed by atoms with van der Waals surface area (Å²) in [5, 5.41) is 12.4. The first-order valence-corrected chi connectivity index (χ1v) is 6.75. The maximum atomic E-state index is 9.06. The van der Waals surface area contributed by atoms with Gasteiger partial charge < -0.3 is 15.2 Å². The standard InChI is InChI=1S/C14H16ClN3O2/c1-2-16-14-17-9-11(15)13(18-14)20-12-6-4-3-5-10(12)7-8-19/h3-6,9,19H,2,7-8H2,1H3,(H,16,17,18). The van der Waals surface area contributed by atoms with E-state index in [0.29, 0.717) is 35.6 Å². The molecule has 1 heterocycles. The molecule has 0 unspecified atom stereocenters. The second-order valence-corrected chi connectivity index (χ2v) is 4.47. The van der Waals surface area contributed by atoms with Crippen LogP contribution in [-0.2, 0) is 6.42 Å². The van der Waals surface area contributed by atoms with Crippen LogP contribution in [0, 0.1) is 0 Å². The molecule has 1 aromatic heterocycles. The molecule has 1 aromatic carbocycles. The first-order valence-electron chi connectivity index (χ1n) is 6.37. The molecule has 0 radical (unpaired) electrons. The summed E-state index contributed by atoms with van der Waals surface area (Å²) in [6, 6.07) is 7.46. The van der Waals surface area contributed by atoms with E-state index in [1.54, 1.807) is 0 Å². The Balaban J connectivity index is 2.27. The number of halogens is 1. The van der Waals surface area contributed by atoms with Gasteiger partial charge in [-0.3, -0.25) is 0 Å². The summed E-state index contributed by atoms with van der Waals surface area (Å²) in [6.07, 6.45) is 2.01. The quantitative estimate of drug-likeness (QED) is 0.857. The van der Waals surface area contributed by atoms with Gasteiger partial charge in [0.25, 0.3) is 0 Å². The van der Waals surface area contributed by atoms with E-state index in [-0.39, 0.29) is 6.61 Å². The fourth-order valence-corrected chi connectivity index (χ4v) is 1.83. The molecule has 106 valence electrons. The first kappa shape index (κ1) is 14.6. The summed E-state index contributed by atoms with van der Waals surface area (Å²) >= 11 is 6.05. The van der Waals surface area contributed by atoms with E-state index in [2.05, 4.69) is 15.3 Å². The molecule has 0 amide bonds. The van der Waals surface area contributed by atoms with Crippen molar-refractivity contribution in [3.8, 4) is 11.6 Å². The molecule has 2 rings (SSSR count). The van der Waals surface area contributed by atoms with Crippen LogP contribution in [0.3, 0.4) is 0 Å². The van der Waals surface area contributed by atoms with Gasteiger partial charge >= 0.3 is 0 Å². The maximum Gasteiger partial charge on any atom is 0.243 e. The van der Waals surface area contributed by atoms with Crippen molar-refractivity contribution < 1.29 is 9.84 Å². The largest absolute Gasteiger partial charge is 0.437 e. The molecule has 0 saturated carbocycles. The topological polar surface area (TPSA) is 67.3 Å². The van der Waals surface area contributed by atoms with Crippen molar-refractivity contribution in [1.82, 2.24) is 9.97 Å². The van der Waals surface area contributed by atoms with Crippen molar-refractivity contribution in [1.29, 1.82) is 0 Å². The third-order valence-electron chi connectivity index (χ3n) is 2.61. The molecular weight excluding hydrogens is 278 g/mol. The summed E-state index contributed by atoms with van der Waals surface area (Å²) < 4.78 is 5.75. The van der Waals surface area contributed by atoms with Gasteiger partial charge in [0, 0.05) is 13.2 Å². The van der Waals surface area contributed by atoms with E-state index >= 15 is 0 Å². The number of anilines is 1. The summed E-state index contributed by atoms with van der Waals surface area (Å²) in [5.41, 5.74) is 0.898. The molecule has 0 spiro atoms. The summed E-state index contributed by atoms with van der Waals surface area (Å²) in [7, 11) is 0. The van der Waals surface area contributed by atoms with Gasteiger partial charge in [0.1, 0.15) is 10.8 Å². The highest BCUT2D eigenvalue weighted by atomic mass is 35.5. The minimum absolute atomic E-state index is 0.0561. The number of nitrogens with zero attached hydrogens (tertiary/aromatic N) is 2. The van der Waals surface area contributed by atoms with E-state index in [4.69, 9.17) is 21.4 Å². The van der Waals surface area contributed by atoms with Gasteiger partial charge in [-0.1, -0.05) is 29.8 Å². The number of rotatable bonds is 6. The minimum Gasteiger partial charge on any atom is -0.437 e. The predicted octanol–water partition coefficient (Wildman–Crippen LogP) is 2.89. The zero-order valence-corrected chi connectivity index (χ0v) is 11.9. The summed E-state index contributed by atoms with van der Waals surface area (Å²) in [6.45, 7) is 2.72. The number of para-hydroxylation sites is 1. The molecular formula is C14H16ClN3O2. The predicted molar refractivity (Wildman–Crippen MR) is 78.5 cm³/mol. The van der Waals surface area contributed by atoms with E-state index in [9.17, 15) is 0 Å². The molecule has 0 saturated heterocycles. The number of hydrogen-bond acceptors (Lipinski definition) is 5. The number of hydrogen-bond donors (Lipinski definition) is 2. The molecule has 0 aliphatic heterocycles. The Morgan fingerprint density at radius 2 is 2.15 bits per heavy atom. The Morgan fingerprint density at radius 1 is 1.35 bits per heavy atom. The van der Waals surface area contributed by atoms with Gasteiger partial charge in [-0.15, -0.1) is 0 Å². The van der Waals surface area contributed by atoms with Crippen molar-refractivity contribution >= 4 is 17.5 Å². The Morgan fingerprint density at radius 3 is 2.90 bits per heavy atom. The third kappa shape index (κ3) is 3.59. The Kier molecular flexibility index (Phi) is 5.15. The average Bonchev–Trinajstić information content (AvgIpc) is 2.45. The van der Waals surface area contributed by atoms with Gasteiger partial charge in [-0.2, -0.15) is 4.98 Å². The minimum atomic E-state index is 0.0561. The van der Waals surface area contributed by atoms with Crippen LogP contribution in [0.15, 0.2) is 30.5 Å². The number of aliphatic hydroxyl groups excluding tert-OH is 1. The smallest absolute Gasteiger partial charge is 0.243 e. The fourth-order valence-electron chi connectivity index (χ4n) is 1.70. The van der Waals surface area contributed by atoms with E-state index in [1.807, 2.05) is 31.2 Å². The summed E-state index contributed by atoms with van der Waals surface area (Å²) in [5.74, 6) is 1.39. The maximum absolute atomic E-state index is 9.06. The van der Waals surface area contributed by atoms with Crippen LogP contribution in [0.4, 0.5) is 5.95 Å². The Hall–Kier alpha value is -1.85. The van der Waals surface area contributed by atoms with Crippen LogP contribution in [0.25, 0.3) is 0 Å². The molecule has 20 heavy (non-hydrogen) atoms. The normalized spacial score (nSPS) is 10.3. The van der Waals surface area contributed by atoms with Crippen molar-refractivity contribution in [2.24, 2.45) is 0 Å². The number of ether oxygens (including phenoxy) is 1. The average molecular weight is 294 g/mol. The van der Waals surface area contributed by atoms with Crippen molar-refractivity contribution in [2.45, 2.75) is 13.3 Å². The van der Waals surface area contributed by atoms with E-state index < -0.39 is 0 Å². The Bertz CT molecular complexity index is 578. The monoisotopic (exact) mass is 293 g/mol. The lowest BCUT2D eigenvalue weighted by atomic mass is 10.1. The van der Waals surface area contributed by atoms with Crippen LogP contribution in [0.1, 0.15) is 12.5 Å². The zero-order chi connectivity index (χ0) is 14.4. The highest BCUT2D eigenvalue weighted by molar-refractivity contribution is 6.31. The molecule has 0 aliphatic carbocycles. The molecule has 2 N–H and O–H groups in total. The van der Waals surface area contributed by atoms with Crippen molar-refractivity contribution in [3.63, 3.8) is 0 Å². The van der Waals surface area contributed by atoms with Crippen molar-refractivity contribution in [2.75, 3.05) is 18.5 Å². The van der Waals surface area contributed by atoms with Crippen molar-refractivity contribution in [3.05, 3.63) is 41.0 Å². The lowest BCUT2D eigenvalue weighted by Gasteiger charge is -2.11. The van der Waals surface area contributed by atoms with Gasteiger partial charge in [-0.05, 0) is 25.0 Å². The second kappa shape index (κ2) is 7.07. The highest BCUT2D eigenvalue weighted by Crippen LogP contribution is 2.29. The molecule has 6 heteroatoms. The van der Waals surface area contributed by atoms with E-state index in [1.165, 1.54) is 6.20 Å². The van der Waals surface area contributed by atoms with Gasteiger partial charge in [-0.25, -0.2) is 4.98 Å². The van der Waals surface area contributed by atoms with E-state index in [0.717, 1.165) is 5.56 Å². The molecule has 0 atom stereocenters. The van der Waals surface area contributed by atoms with Gasteiger partial charge in [0.15, 0.2) is 0 Å². The van der Waals surface area contributed by atoms with Crippen LogP contribution >= 0.6 is 11.6 Å². The second-order valence-electron chi connectivity index (χ2n) is 4.06. The molecule has 2 aromatic rings. The molecule has 0 bridgehead atoms. The van der Waals surface area contributed by atoms with Crippen LogP contribution < -0.4 is 10.1 Å². The lowest BCUT2D eigenvalue weighted by molar-refractivity contribution is 0.297. The lowest BCUT2D eigenvalue weighted by Crippen LogP contribution is -2.03. The fraction of sp³-hybridized carbons (Fsp3) is 0.286. The highest BCUT2D eigenvalue weighted by Gasteiger charge is 2.10. The SMILES string of the molecule is CCNc1ncc(Cl)c(Oc2ccccc2CCO)n1. The van der Waals surface area contributed by atoms with Crippen LogP contribution in [0.2, 0.25) is 5.02 Å². The molecule has 0 fully saturated rings. The number of nitrogens with one attached hydrogen (secondary N) is 1. The number of benzene rings is 1. The Labute approximate surface area is 122 Å². The number of aliphatic hydroxyl groups is 1. The summed E-state index contributed by atoms with van der Waals surface area (Å²) in [4.78, 5) is 8.27.